The van der Waals surface area contributed by atoms with Gasteiger partial charge in [0.15, 0.2) is 11.5 Å². The summed E-state index contributed by atoms with van der Waals surface area (Å²) in [6.07, 6.45) is 1.38. The molecule has 0 fully saturated rings. The van der Waals surface area contributed by atoms with Gasteiger partial charge in [0.2, 0.25) is 6.79 Å². The van der Waals surface area contributed by atoms with Crippen LogP contribution in [0.5, 0.6) is 11.5 Å². The lowest BCUT2D eigenvalue weighted by Crippen LogP contribution is -2.24. The van der Waals surface area contributed by atoms with Crippen molar-refractivity contribution >= 4 is 11.7 Å². The summed E-state index contributed by atoms with van der Waals surface area (Å²) >= 11 is 0. The number of fused-ring (bicyclic) bond motifs is 1. The third kappa shape index (κ3) is 4.20. The Labute approximate surface area is 162 Å². The van der Waals surface area contributed by atoms with Crippen molar-refractivity contribution in [2.24, 2.45) is 0 Å². The van der Waals surface area contributed by atoms with Gasteiger partial charge in [-0.05, 0) is 30.2 Å². The highest BCUT2D eigenvalue weighted by Crippen LogP contribution is 2.32. The van der Waals surface area contributed by atoms with Crippen LogP contribution in [-0.2, 0) is 13.1 Å². The van der Waals surface area contributed by atoms with Gasteiger partial charge in [-0.2, -0.15) is 0 Å². The second-order valence-corrected chi connectivity index (χ2v) is 6.50. The molecule has 0 bridgehead atoms. The first kappa shape index (κ1) is 17.8. The normalized spacial score (nSPS) is 11.9. The number of nitrogens with zero attached hydrogens (tertiary/aromatic N) is 2. The number of rotatable bonds is 6. The monoisotopic (exact) mass is 376 g/mol. The van der Waals surface area contributed by atoms with Gasteiger partial charge < -0.3 is 20.1 Å². The lowest BCUT2D eigenvalue weighted by Gasteiger charge is -2.08. The van der Waals surface area contributed by atoms with E-state index in [9.17, 15) is 4.79 Å². The Balaban J connectivity index is 1.35. The zero-order valence-corrected chi connectivity index (χ0v) is 15.4. The molecule has 3 aromatic rings. The maximum atomic E-state index is 12.4. The SMILES string of the molecule is Cc1ccc(CNc2cc(C(=O)NCc3ccc4c(c3)OCO4)ncn2)cc1. The third-order valence-electron chi connectivity index (χ3n) is 4.38. The molecule has 1 aromatic heterocycles. The Bertz CT molecular complexity index is 989. The summed E-state index contributed by atoms with van der Waals surface area (Å²) in [7, 11) is 0. The zero-order chi connectivity index (χ0) is 19.3. The van der Waals surface area contributed by atoms with E-state index in [1.165, 1.54) is 11.9 Å². The van der Waals surface area contributed by atoms with Gasteiger partial charge in [-0.25, -0.2) is 9.97 Å². The van der Waals surface area contributed by atoms with Crippen LogP contribution in [-0.4, -0.2) is 22.7 Å². The molecule has 4 rings (SSSR count). The highest BCUT2D eigenvalue weighted by Gasteiger charge is 2.14. The predicted molar refractivity (Wildman–Crippen MR) is 104 cm³/mol. The number of benzene rings is 2. The van der Waals surface area contributed by atoms with Gasteiger partial charge in [0.05, 0.1) is 0 Å². The fraction of sp³-hybridized carbons (Fsp3) is 0.190. The molecule has 0 saturated carbocycles. The van der Waals surface area contributed by atoms with Crippen molar-refractivity contribution in [2.75, 3.05) is 12.1 Å². The minimum absolute atomic E-state index is 0.227. The average Bonchev–Trinajstić information content (AvgIpc) is 3.20. The summed E-state index contributed by atoms with van der Waals surface area (Å²) in [5.41, 5.74) is 3.58. The number of aromatic nitrogens is 2. The number of hydrogen-bond donors (Lipinski definition) is 2. The van der Waals surface area contributed by atoms with Crippen molar-refractivity contribution in [3.63, 3.8) is 0 Å². The lowest BCUT2D eigenvalue weighted by atomic mass is 10.1. The van der Waals surface area contributed by atoms with Crippen LogP contribution in [0, 0.1) is 6.92 Å². The van der Waals surface area contributed by atoms with E-state index in [0.717, 1.165) is 16.9 Å². The molecule has 7 heteroatoms. The molecule has 0 aliphatic carbocycles. The Morgan fingerprint density at radius 2 is 1.75 bits per heavy atom. The molecule has 7 nitrogen and oxygen atoms in total. The molecule has 28 heavy (non-hydrogen) atoms. The number of carbonyl (C=O) groups excluding carboxylic acids is 1. The van der Waals surface area contributed by atoms with Crippen molar-refractivity contribution in [1.82, 2.24) is 15.3 Å². The van der Waals surface area contributed by atoms with E-state index >= 15 is 0 Å². The first-order chi connectivity index (χ1) is 13.7. The Kier molecular flexibility index (Phi) is 5.05. The summed E-state index contributed by atoms with van der Waals surface area (Å²) < 4.78 is 10.6. The van der Waals surface area contributed by atoms with Gasteiger partial charge >= 0.3 is 0 Å². The van der Waals surface area contributed by atoms with Crippen LogP contribution < -0.4 is 20.1 Å². The molecule has 1 amide bonds. The van der Waals surface area contributed by atoms with Crippen molar-refractivity contribution in [3.05, 3.63) is 77.2 Å². The van der Waals surface area contributed by atoms with Crippen LogP contribution in [0.25, 0.3) is 0 Å². The van der Waals surface area contributed by atoms with Crippen LogP contribution in [0.15, 0.2) is 54.9 Å². The molecule has 142 valence electrons. The van der Waals surface area contributed by atoms with Crippen LogP contribution in [0.2, 0.25) is 0 Å². The molecule has 0 radical (unpaired) electrons. The van der Waals surface area contributed by atoms with E-state index in [1.54, 1.807) is 6.07 Å². The van der Waals surface area contributed by atoms with Crippen molar-refractivity contribution in [1.29, 1.82) is 0 Å². The summed E-state index contributed by atoms with van der Waals surface area (Å²) in [5.74, 6) is 1.74. The topological polar surface area (TPSA) is 85.4 Å². The first-order valence-electron chi connectivity index (χ1n) is 8.95. The zero-order valence-electron chi connectivity index (χ0n) is 15.4. The highest BCUT2D eigenvalue weighted by atomic mass is 16.7. The standard InChI is InChI=1S/C21H20N4O3/c1-14-2-4-15(5-3-14)10-22-20-9-17(24-12-25-20)21(26)23-11-16-6-7-18-19(8-16)28-13-27-18/h2-9,12H,10-11,13H2,1H3,(H,23,26)(H,22,24,25). The summed E-state index contributed by atoms with van der Waals surface area (Å²) in [4.78, 5) is 20.7. The minimum Gasteiger partial charge on any atom is -0.454 e. The summed E-state index contributed by atoms with van der Waals surface area (Å²) in [5, 5.41) is 6.08. The summed E-state index contributed by atoms with van der Waals surface area (Å²) in [6.45, 7) is 3.27. The number of anilines is 1. The predicted octanol–water partition coefficient (Wildman–Crippen LogP) is 3.06. The highest BCUT2D eigenvalue weighted by molar-refractivity contribution is 5.92. The van der Waals surface area contributed by atoms with Crippen LogP contribution in [0.4, 0.5) is 5.82 Å². The Morgan fingerprint density at radius 3 is 2.61 bits per heavy atom. The van der Waals surface area contributed by atoms with Gasteiger partial charge in [-0.15, -0.1) is 0 Å². The minimum atomic E-state index is -0.265. The number of carbonyl (C=O) groups is 1. The van der Waals surface area contributed by atoms with E-state index < -0.39 is 0 Å². The van der Waals surface area contributed by atoms with E-state index in [2.05, 4.69) is 51.8 Å². The van der Waals surface area contributed by atoms with Crippen molar-refractivity contribution < 1.29 is 14.3 Å². The van der Waals surface area contributed by atoms with Crippen molar-refractivity contribution in [3.8, 4) is 11.5 Å². The van der Waals surface area contributed by atoms with Crippen LogP contribution in [0.1, 0.15) is 27.2 Å². The molecule has 1 aliphatic heterocycles. The van der Waals surface area contributed by atoms with Gasteiger partial charge in [-0.1, -0.05) is 35.9 Å². The maximum absolute atomic E-state index is 12.4. The van der Waals surface area contributed by atoms with Crippen LogP contribution in [0.3, 0.4) is 0 Å². The second kappa shape index (κ2) is 7.96. The number of ether oxygens (including phenoxy) is 2. The third-order valence-corrected chi connectivity index (χ3v) is 4.38. The molecular formula is C21H20N4O3. The molecular weight excluding hydrogens is 356 g/mol. The van der Waals surface area contributed by atoms with Crippen LogP contribution >= 0.6 is 0 Å². The Morgan fingerprint density at radius 1 is 0.964 bits per heavy atom. The number of nitrogens with one attached hydrogen (secondary N) is 2. The average molecular weight is 376 g/mol. The largest absolute Gasteiger partial charge is 0.454 e. The molecule has 0 atom stereocenters. The maximum Gasteiger partial charge on any atom is 0.270 e. The fourth-order valence-electron chi connectivity index (χ4n) is 2.80. The molecule has 0 spiro atoms. The smallest absolute Gasteiger partial charge is 0.270 e. The number of hydrogen-bond acceptors (Lipinski definition) is 6. The van der Waals surface area contributed by atoms with E-state index in [4.69, 9.17) is 9.47 Å². The van der Waals surface area contributed by atoms with Gasteiger partial charge in [0.25, 0.3) is 5.91 Å². The molecule has 1 aliphatic rings. The number of aryl methyl sites for hydroxylation is 1. The molecule has 2 heterocycles. The quantitative estimate of drug-likeness (QED) is 0.688. The van der Waals surface area contributed by atoms with Gasteiger partial charge in [-0.3, -0.25) is 4.79 Å². The second-order valence-electron chi connectivity index (χ2n) is 6.50. The lowest BCUT2D eigenvalue weighted by molar-refractivity contribution is 0.0945. The van der Waals surface area contributed by atoms with E-state index in [-0.39, 0.29) is 12.7 Å². The first-order valence-corrected chi connectivity index (χ1v) is 8.95. The summed E-state index contributed by atoms with van der Waals surface area (Å²) in [6, 6.07) is 15.5. The van der Waals surface area contributed by atoms with Gasteiger partial charge in [0, 0.05) is 19.2 Å². The van der Waals surface area contributed by atoms with E-state index in [1.807, 2.05) is 18.2 Å². The number of amides is 1. The van der Waals surface area contributed by atoms with E-state index in [0.29, 0.717) is 30.4 Å². The molecule has 0 saturated heterocycles. The molecule has 2 N–H and O–H groups in total. The molecule has 2 aromatic carbocycles. The van der Waals surface area contributed by atoms with Crippen molar-refractivity contribution in [2.45, 2.75) is 20.0 Å². The van der Waals surface area contributed by atoms with Gasteiger partial charge in [0.1, 0.15) is 17.8 Å². The fourth-order valence-corrected chi connectivity index (χ4v) is 2.80. The Hall–Kier alpha value is -3.61. The molecule has 0 unspecified atom stereocenters.